The Kier molecular flexibility index (Phi) is 8.36. The SMILES string of the molecule is c1ccc(-c2ccc(N(c3ccccc3)c3cc(-c4nc5c6ccccc6c6ccccc6c5s4)cc(N(c4ccccc4)c4ccccc4)c3)cc2)cc1. The molecule has 0 bridgehead atoms. The zero-order chi connectivity index (χ0) is 36.6. The van der Waals surface area contributed by atoms with Gasteiger partial charge in [0.1, 0.15) is 5.01 Å². The molecule has 1 heterocycles. The highest BCUT2D eigenvalue weighted by molar-refractivity contribution is 7.22. The molecule has 0 atom stereocenters. The van der Waals surface area contributed by atoms with Crippen molar-refractivity contribution in [1.29, 1.82) is 0 Å². The third-order valence-electron chi connectivity index (χ3n) is 10.2. The van der Waals surface area contributed by atoms with Crippen LogP contribution in [0.15, 0.2) is 212 Å². The first-order valence-electron chi connectivity index (χ1n) is 18.5. The van der Waals surface area contributed by atoms with Gasteiger partial charge in [-0.15, -0.1) is 11.3 Å². The van der Waals surface area contributed by atoms with Crippen molar-refractivity contribution in [3.8, 4) is 21.7 Å². The van der Waals surface area contributed by atoms with Gasteiger partial charge in [0.15, 0.2) is 0 Å². The fraction of sp³-hybridized carbons (Fsp3) is 0. The van der Waals surface area contributed by atoms with E-state index in [9.17, 15) is 0 Å². The number of hydrogen-bond acceptors (Lipinski definition) is 4. The lowest BCUT2D eigenvalue weighted by atomic mass is 10.0. The third kappa shape index (κ3) is 6.09. The molecule has 0 saturated carbocycles. The molecule has 4 heteroatoms. The quantitative estimate of drug-likeness (QED) is 0.146. The van der Waals surface area contributed by atoms with E-state index in [1.54, 1.807) is 11.3 Å². The Morgan fingerprint density at radius 1 is 0.309 bits per heavy atom. The number of anilines is 6. The maximum atomic E-state index is 5.48. The number of rotatable bonds is 8. The third-order valence-corrected chi connectivity index (χ3v) is 11.4. The summed E-state index contributed by atoms with van der Waals surface area (Å²) in [6.07, 6.45) is 0. The molecule has 10 aromatic rings. The Morgan fingerprint density at radius 2 is 0.709 bits per heavy atom. The summed E-state index contributed by atoms with van der Waals surface area (Å²) in [5, 5.41) is 5.87. The monoisotopic (exact) mass is 721 g/mol. The molecule has 0 saturated heterocycles. The summed E-state index contributed by atoms with van der Waals surface area (Å²) in [6, 6.07) is 75.6. The van der Waals surface area contributed by atoms with Crippen LogP contribution >= 0.6 is 11.3 Å². The number of thiazole rings is 1. The lowest BCUT2D eigenvalue weighted by Gasteiger charge is -2.30. The Bertz CT molecular complexity index is 2800. The summed E-state index contributed by atoms with van der Waals surface area (Å²) in [7, 11) is 0. The molecule has 9 aromatic carbocycles. The average Bonchev–Trinajstić information content (AvgIpc) is 3.72. The molecule has 0 unspecified atom stereocenters. The molecule has 1 aromatic heterocycles. The first-order chi connectivity index (χ1) is 27.3. The highest BCUT2D eigenvalue weighted by Crippen LogP contribution is 2.46. The smallest absolute Gasteiger partial charge is 0.124 e. The molecule has 0 amide bonds. The fourth-order valence-electron chi connectivity index (χ4n) is 7.69. The first-order valence-corrected chi connectivity index (χ1v) is 19.4. The van der Waals surface area contributed by atoms with Gasteiger partial charge in [-0.3, -0.25) is 0 Å². The molecule has 10 rings (SSSR count). The largest absolute Gasteiger partial charge is 0.310 e. The second-order valence-electron chi connectivity index (χ2n) is 13.6. The summed E-state index contributed by atoms with van der Waals surface area (Å²) in [6.45, 7) is 0. The van der Waals surface area contributed by atoms with Crippen LogP contribution in [0.1, 0.15) is 0 Å². The van der Waals surface area contributed by atoms with Crippen LogP contribution in [-0.2, 0) is 0 Å². The lowest BCUT2D eigenvalue weighted by molar-refractivity contribution is 1.25. The van der Waals surface area contributed by atoms with Crippen molar-refractivity contribution < 1.29 is 0 Å². The highest BCUT2D eigenvalue weighted by Gasteiger charge is 2.21. The highest BCUT2D eigenvalue weighted by atomic mass is 32.1. The normalized spacial score (nSPS) is 11.3. The topological polar surface area (TPSA) is 19.4 Å². The predicted molar refractivity (Wildman–Crippen MR) is 235 cm³/mol. The number of benzene rings is 9. The van der Waals surface area contributed by atoms with Gasteiger partial charge >= 0.3 is 0 Å². The number of nitrogens with zero attached hydrogens (tertiary/aromatic N) is 3. The first kappa shape index (κ1) is 32.6. The van der Waals surface area contributed by atoms with Crippen LogP contribution in [0.4, 0.5) is 34.1 Å². The molecule has 0 spiro atoms. The molecule has 55 heavy (non-hydrogen) atoms. The molecule has 0 fully saturated rings. The van der Waals surface area contributed by atoms with Gasteiger partial charge in [-0.2, -0.15) is 0 Å². The Morgan fingerprint density at radius 3 is 1.24 bits per heavy atom. The number of fused-ring (bicyclic) bond motifs is 6. The molecule has 0 N–H and O–H groups in total. The summed E-state index contributed by atoms with van der Waals surface area (Å²) >= 11 is 1.77. The van der Waals surface area contributed by atoms with Gasteiger partial charge in [-0.05, 0) is 88.6 Å². The van der Waals surface area contributed by atoms with Gasteiger partial charge in [0.2, 0.25) is 0 Å². The van der Waals surface area contributed by atoms with Crippen LogP contribution in [0, 0.1) is 0 Å². The van der Waals surface area contributed by atoms with E-state index in [0.29, 0.717) is 0 Å². The van der Waals surface area contributed by atoms with Crippen LogP contribution in [0.3, 0.4) is 0 Å². The zero-order valence-electron chi connectivity index (χ0n) is 30.0. The van der Waals surface area contributed by atoms with Crippen molar-refractivity contribution in [2.24, 2.45) is 0 Å². The Labute approximate surface area is 324 Å². The van der Waals surface area contributed by atoms with E-state index in [2.05, 4.69) is 222 Å². The molecule has 0 aliphatic rings. The number of aromatic nitrogens is 1. The van der Waals surface area contributed by atoms with Gasteiger partial charge < -0.3 is 9.80 Å². The fourth-order valence-corrected chi connectivity index (χ4v) is 8.79. The standard InChI is InChI=1S/C51H35N3S/c1-5-17-36(18-6-1)37-29-31-42(32-30-37)54(41-23-11-4-12-24-41)44-34-38(33-43(35-44)53(39-19-7-2-8-20-39)40-21-9-3-10-22-40)51-52-49-47-27-15-13-25-45(47)46-26-14-16-28-48(46)50(49)55-51/h1-35H. The molecule has 0 aliphatic heterocycles. The Hall–Kier alpha value is -7.01. The van der Waals surface area contributed by atoms with Crippen molar-refractivity contribution in [2.45, 2.75) is 0 Å². The van der Waals surface area contributed by atoms with Gasteiger partial charge in [0.25, 0.3) is 0 Å². The van der Waals surface area contributed by atoms with Crippen LogP contribution in [0.2, 0.25) is 0 Å². The second kappa shape index (κ2) is 14.1. The minimum Gasteiger partial charge on any atom is -0.310 e. The summed E-state index contributed by atoms with van der Waals surface area (Å²) in [5.41, 5.74) is 10.9. The van der Waals surface area contributed by atoms with E-state index in [1.165, 1.54) is 37.4 Å². The van der Waals surface area contributed by atoms with Crippen molar-refractivity contribution >= 4 is 77.2 Å². The zero-order valence-corrected chi connectivity index (χ0v) is 30.8. The van der Waals surface area contributed by atoms with Crippen molar-refractivity contribution in [1.82, 2.24) is 4.98 Å². The van der Waals surface area contributed by atoms with E-state index < -0.39 is 0 Å². The van der Waals surface area contributed by atoms with Crippen LogP contribution < -0.4 is 9.80 Å². The van der Waals surface area contributed by atoms with E-state index in [1.807, 2.05) is 0 Å². The second-order valence-corrected chi connectivity index (χ2v) is 14.6. The van der Waals surface area contributed by atoms with Gasteiger partial charge in [0.05, 0.1) is 10.2 Å². The molecular weight excluding hydrogens is 687 g/mol. The minimum atomic E-state index is 0.980. The van der Waals surface area contributed by atoms with E-state index >= 15 is 0 Å². The average molecular weight is 722 g/mol. The predicted octanol–water partition coefficient (Wildman–Crippen LogP) is 14.9. The summed E-state index contributed by atoms with van der Waals surface area (Å²) in [4.78, 5) is 10.2. The van der Waals surface area contributed by atoms with Crippen molar-refractivity contribution in [2.75, 3.05) is 9.80 Å². The van der Waals surface area contributed by atoms with Gasteiger partial charge in [-0.1, -0.05) is 146 Å². The number of para-hydroxylation sites is 3. The Balaban J connectivity index is 1.23. The molecule has 0 aliphatic carbocycles. The van der Waals surface area contributed by atoms with Crippen LogP contribution in [0.25, 0.3) is 53.5 Å². The van der Waals surface area contributed by atoms with E-state index in [0.717, 1.165) is 50.2 Å². The van der Waals surface area contributed by atoms with E-state index in [-0.39, 0.29) is 0 Å². The minimum absolute atomic E-state index is 0.980. The summed E-state index contributed by atoms with van der Waals surface area (Å²) < 4.78 is 1.20. The molecular formula is C51H35N3S. The molecule has 3 nitrogen and oxygen atoms in total. The van der Waals surface area contributed by atoms with Gasteiger partial charge in [-0.25, -0.2) is 4.98 Å². The maximum Gasteiger partial charge on any atom is 0.124 e. The maximum absolute atomic E-state index is 5.48. The van der Waals surface area contributed by atoms with Crippen molar-refractivity contribution in [3.05, 3.63) is 212 Å². The molecule has 0 radical (unpaired) electrons. The van der Waals surface area contributed by atoms with Crippen molar-refractivity contribution in [3.63, 3.8) is 0 Å². The summed E-state index contributed by atoms with van der Waals surface area (Å²) in [5.74, 6) is 0. The lowest BCUT2D eigenvalue weighted by Crippen LogP contribution is -2.13. The van der Waals surface area contributed by atoms with Crippen LogP contribution in [-0.4, -0.2) is 4.98 Å². The van der Waals surface area contributed by atoms with E-state index in [4.69, 9.17) is 4.98 Å². The van der Waals surface area contributed by atoms with Crippen LogP contribution in [0.5, 0.6) is 0 Å². The molecule has 260 valence electrons. The number of hydrogen-bond donors (Lipinski definition) is 0. The van der Waals surface area contributed by atoms with Gasteiger partial charge in [0, 0.05) is 50.5 Å².